The highest BCUT2D eigenvalue weighted by molar-refractivity contribution is 6.06. The molecule has 0 radical (unpaired) electrons. The number of benzene rings is 1. The first-order valence-electron chi connectivity index (χ1n) is 12.5. The molecule has 0 unspecified atom stereocenters. The van der Waals surface area contributed by atoms with Crippen molar-refractivity contribution in [2.45, 2.75) is 65.7 Å². The van der Waals surface area contributed by atoms with Crippen molar-refractivity contribution in [1.82, 2.24) is 4.90 Å². The van der Waals surface area contributed by atoms with Crippen LogP contribution in [-0.2, 0) is 14.3 Å². The van der Waals surface area contributed by atoms with Crippen molar-refractivity contribution in [2.24, 2.45) is 10.8 Å². The van der Waals surface area contributed by atoms with E-state index in [1.807, 2.05) is 0 Å². The van der Waals surface area contributed by atoms with Gasteiger partial charge >= 0.3 is 5.69 Å². The highest BCUT2D eigenvalue weighted by atomic mass is 16.6. The number of methoxy groups -OCH3 is 2. The van der Waals surface area contributed by atoms with Crippen LogP contribution in [0.3, 0.4) is 0 Å². The van der Waals surface area contributed by atoms with E-state index in [0.717, 1.165) is 17.8 Å². The summed E-state index contributed by atoms with van der Waals surface area (Å²) in [6.07, 6.45) is 2.89. The maximum Gasteiger partial charge on any atom is 0.311 e. The van der Waals surface area contributed by atoms with E-state index in [0.29, 0.717) is 55.5 Å². The number of ether oxygens (including phenoxy) is 2. The van der Waals surface area contributed by atoms with Crippen molar-refractivity contribution in [3.8, 4) is 5.75 Å². The molecule has 1 heterocycles. The number of Topliss-reactive ketones (excluding diaryl/α,β-unsaturated/α-hetero) is 2. The lowest BCUT2D eigenvalue weighted by molar-refractivity contribution is -0.385. The molecule has 2 aliphatic carbocycles. The fraction of sp³-hybridized carbons (Fsp3) is 0.571. The van der Waals surface area contributed by atoms with Gasteiger partial charge in [0.1, 0.15) is 0 Å². The highest BCUT2D eigenvalue weighted by Gasteiger charge is 2.49. The molecule has 36 heavy (non-hydrogen) atoms. The van der Waals surface area contributed by atoms with E-state index in [1.165, 1.54) is 13.2 Å². The standard InChI is InChI=1S/C28H36N2O6/c1-27(2)13-19-25(21(31)15-27)24(17-8-9-23(36-6)18(12-17)30(33)34)26-20(29(19)10-7-11-35-5)14-28(3,4)16-22(26)32/h8-9,12,24H,7,10-11,13-16H2,1-6H3. The predicted molar refractivity (Wildman–Crippen MR) is 136 cm³/mol. The summed E-state index contributed by atoms with van der Waals surface area (Å²) >= 11 is 0. The van der Waals surface area contributed by atoms with Crippen molar-refractivity contribution >= 4 is 17.3 Å². The molecule has 0 amide bonds. The van der Waals surface area contributed by atoms with Crippen LogP contribution in [0.4, 0.5) is 5.69 Å². The molecule has 194 valence electrons. The Balaban J connectivity index is 1.98. The summed E-state index contributed by atoms with van der Waals surface area (Å²) in [5.74, 6) is -0.460. The van der Waals surface area contributed by atoms with Crippen molar-refractivity contribution in [1.29, 1.82) is 0 Å². The number of hydrogen-bond donors (Lipinski definition) is 0. The smallest absolute Gasteiger partial charge is 0.311 e. The molecule has 8 nitrogen and oxygen atoms in total. The summed E-state index contributed by atoms with van der Waals surface area (Å²) < 4.78 is 10.5. The number of ketones is 2. The van der Waals surface area contributed by atoms with Gasteiger partial charge in [-0.05, 0) is 41.7 Å². The van der Waals surface area contributed by atoms with Gasteiger partial charge in [-0.1, -0.05) is 33.8 Å². The molecular weight excluding hydrogens is 460 g/mol. The number of nitro groups is 1. The maximum atomic E-state index is 13.8. The molecule has 0 spiro atoms. The molecule has 0 fully saturated rings. The minimum Gasteiger partial charge on any atom is -0.490 e. The van der Waals surface area contributed by atoms with Gasteiger partial charge in [0.05, 0.1) is 12.0 Å². The normalized spacial score (nSPS) is 21.4. The fourth-order valence-electron chi connectivity index (χ4n) is 6.05. The Bertz CT molecular complexity index is 1120. The van der Waals surface area contributed by atoms with Gasteiger partial charge < -0.3 is 14.4 Å². The molecule has 0 N–H and O–H groups in total. The van der Waals surface area contributed by atoms with Crippen molar-refractivity contribution in [3.63, 3.8) is 0 Å². The van der Waals surface area contributed by atoms with Gasteiger partial charge in [0.2, 0.25) is 0 Å². The molecule has 0 aromatic heterocycles. The molecule has 1 aromatic carbocycles. The van der Waals surface area contributed by atoms with Crippen LogP contribution in [0.25, 0.3) is 0 Å². The Morgan fingerprint density at radius 1 is 0.972 bits per heavy atom. The molecule has 4 rings (SSSR count). The third-order valence-corrected chi connectivity index (χ3v) is 7.48. The predicted octanol–water partition coefficient (Wildman–Crippen LogP) is 5.33. The zero-order valence-corrected chi connectivity index (χ0v) is 22.1. The highest BCUT2D eigenvalue weighted by Crippen LogP contribution is 2.54. The summed E-state index contributed by atoms with van der Waals surface area (Å²) in [4.78, 5) is 41.1. The van der Waals surface area contributed by atoms with Crippen molar-refractivity contribution < 1.29 is 24.0 Å². The van der Waals surface area contributed by atoms with E-state index < -0.39 is 10.8 Å². The summed E-state index contributed by atoms with van der Waals surface area (Å²) in [5.41, 5.74) is 3.07. The third-order valence-electron chi connectivity index (χ3n) is 7.48. The summed E-state index contributed by atoms with van der Waals surface area (Å²) in [6, 6.07) is 4.79. The molecule has 0 saturated heterocycles. The molecule has 0 bridgehead atoms. The summed E-state index contributed by atoms with van der Waals surface area (Å²) in [6.45, 7) is 9.59. The minimum atomic E-state index is -0.620. The van der Waals surface area contributed by atoms with Crippen LogP contribution in [0, 0.1) is 20.9 Å². The van der Waals surface area contributed by atoms with E-state index >= 15 is 0 Å². The second-order valence-corrected chi connectivity index (χ2v) is 11.7. The minimum absolute atomic E-state index is 0.00523. The molecule has 8 heteroatoms. The average molecular weight is 497 g/mol. The SMILES string of the molecule is COCCCN1C2=C(C(=O)CC(C)(C)C2)C(c2ccc(OC)c([N+](=O)[O-])c2)C2=C1CC(C)(C)CC2=O. The number of rotatable bonds is 7. The van der Waals surface area contributed by atoms with E-state index in [4.69, 9.17) is 9.47 Å². The lowest BCUT2D eigenvalue weighted by Gasteiger charge is -2.49. The average Bonchev–Trinajstić information content (AvgIpc) is 2.77. The fourth-order valence-corrected chi connectivity index (χ4v) is 6.05. The molecule has 1 aromatic rings. The second kappa shape index (κ2) is 9.47. The third kappa shape index (κ3) is 4.71. The van der Waals surface area contributed by atoms with E-state index in [-0.39, 0.29) is 33.8 Å². The van der Waals surface area contributed by atoms with Crippen LogP contribution in [-0.4, -0.2) is 48.8 Å². The van der Waals surface area contributed by atoms with Gasteiger partial charge in [-0.25, -0.2) is 0 Å². The Kier molecular flexibility index (Phi) is 6.86. The number of allylic oxidation sites excluding steroid dienone is 4. The Labute approximate surface area is 212 Å². The topological polar surface area (TPSA) is 99.0 Å². The van der Waals surface area contributed by atoms with E-state index in [1.54, 1.807) is 19.2 Å². The Morgan fingerprint density at radius 2 is 1.53 bits per heavy atom. The molecular formula is C28H36N2O6. The number of nitro benzene ring substituents is 1. The largest absolute Gasteiger partial charge is 0.490 e. The van der Waals surface area contributed by atoms with Crippen LogP contribution in [0.15, 0.2) is 40.7 Å². The van der Waals surface area contributed by atoms with Crippen LogP contribution >= 0.6 is 0 Å². The van der Waals surface area contributed by atoms with Crippen molar-refractivity contribution in [3.05, 3.63) is 56.4 Å². The van der Waals surface area contributed by atoms with Crippen LogP contribution in [0.1, 0.15) is 71.3 Å². The van der Waals surface area contributed by atoms with Gasteiger partial charge in [0, 0.05) is 67.6 Å². The van der Waals surface area contributed by atoms with E-state index in [9.17, 15) is 19.7 Å². The van der Waals surface area contributed by atoms with Crippen molar-refractivity contribution in [2.75, 3.05) is 27.4 Å². The summed E-state index contributed by atoms with van der Waals surface area (Å²) in [7, 11) is 3.06. The first kappa shape index (κ1) is 26.1. The van der Waals surface area contributed by atoms with Gasteiger partial charge in [-0.2, -0.15) is 0 Å². The first-order chi connectivity index (χ1) is 16.9. The summed E-state index contributed by atoms with van der Waals surface area (Å²) in [5, 5.41) is 11.8. The number of carbonyl (C=O) groups is 2. The van der Waals surface area contributed by atoms with Crippen LogP contribution in [0.5, 0.6) is 5.75 Å². The molecule has 1 aliphatic heterocycles. The monoisotopic (exact) mass is 496 g/mol. The van der Waals surface area contributed by atoms with E-state index in [2.05, 4.69) is 32.6 Å². The van der Waals surface area contributed by atoms with Gasteiger partial charge in [0.15, 0.2) is 17.3 Å². The van der Waals surface area contributed by atoms with Crippen LogP contribution in [0.2, 0.25) is 0 Å². The van der Waals surface area contributed by atoms with Crippen LogP contribution < -0.4 is 4.74 Å². The Morgan fingerprint density at radius 3 is 2.00 bits per heavy atom. The molecule has 3 aliphatic rings. The second-order valence-electron chi connectivity index (χ2n) is 11.7. The number of hydrogen-bond acceptors (Lipinski definition) is 7. The van der Waals surface area contributed by atoms with Gasteiger partial charge in [-0.15, -0.1) is 0 Å². The lowest BCUT2D eigenvalue weighted by Crippen LogP contribution is -2.44. The first-order valence-corrected chi connectivity index (χ1v) is 12.5. The quantitative estimate of drug-likeness (QED) is 0.286. The maximum absolute atomic E-state index is 13.8. The lowest BCUT2D eigenvalue weighted by atomic mass is 9.63. The zero-order valence-electron chi connectivity index (χ0n) is 22.1. The zero-order chi connectivity index (χ0) is 26.4. The molecule has 0 saturated carbocycles. The van der Waals surface area contributed by atoms with Gasteiger partial charge in [-0.3, -0.25) is 19.7 Å². The number of carbonyl (C=O) groups excluding carboxylic acids is 2. The number of nitrogens with zero attached hydrogens (tertiary/aromatic N) is 2. The Hall–Kier alpha value is -3.00. The van der Waals surface area contributed by atoms with Gasteiger partial charge in [0.25, 0.3) is 0 Å². The molecule has 0 atom stereocenters.